The Hall–Kier alpha value is -4.12. The van der Waals surface area contributed by atoms with E-state index in [0.717, 1.165) is 59.7 Å². The van der Waals surface area contributed by atoms with E-state index in [1.54, 1.807) is 6.92 Å². The molecule has 1 aliphatic carbocycles. The van der Waals surface area contributed by atoms with Gasteiger partial charge in [0.15, 0.2) is 11.5 Å². The number of benzene rings is 3. The van der Waals surface area contributed by atoms with E-state index >= 15 is 0 Å². The second-order valence-corrected chi connectivity index (χ2v) is 13.2. The summed E-state index contributed by atoms with van der Waals surface area (Å²) in [4.78, 5) is 28.9. The number of sulfonamides is 1. The van der Waals surface area contributed by atoms with E-state index in [9.17, 15) is 22.4 Å². The van der Waals surface area contributed by atoms with Crippen molar-refractivity contribution in [2.45, 2.75) is 69.5 Å². The topological polar surface area (TPSA) is 105 Å². The number of halogens is 1. The first kappa shape index (κ1) is 31.3. The van der Waals surface area contributed by atoms with Crippen molar-refractivity contribution in [1.82, 2.24) is 10.2 Å². The van der Waals surface area contributed by atoms with Gasteiger partial charge in [-0.25, -0.2) is 12.8 Å². The van der Waals surface area contributed by atoms with Gasteiger partial charge in [0, 0.05) is 18.7 Å². The number of ether oxygens (including phenoxy) is 2. The number of rotatable bonds is 10. The van der Waals surface area contributed by atoms with Crippen LogP contribution in [0.4, 0.5) is 10.1 Å². The Bertz CT molecular complexity index is 1590. The number of anilines is 1. The van der Waals surface area contributed by atoms with Crippen molar-refractivity contribution in [3.8, 4) is 11.5 Å². The van der Waals surface area contributed by atoms with Crippen LogP contribution in [0, 0.1) is 12.7 Å². The number of aryl methyl sites for hydroxylation is 1. The van der Waals surface area contributed by atoms with Crippen molar-refractivity contribution < 1.29 is 31.9 Å². The second-order valence-electron chi connectivity index (χ2n) is 11.3. The molecular weight excluding hydrogens is 585 g/mol. The molecule has 1 heterocycles. The van der Waals surface area contributed by atoms with Gasteiger partial charge in [-0.2, -0.15) is 0 Å². The molecule has 0 spiro atoms. The molecule has 1 fully saturated rings. The first-order valence-corrected chi connectivity index (χ1v) is 16.4. The summed E-state index contributed by atoms with van der Waals surface area (Å²) in [5, 5.41) is 3.10. The van der Waals surface area contributed by atoms with Gasteiger partial charge in [-0.15, -0.1) is 0 Å². The summed E-state index contributed by atoms with van der Waals surface area (Å²) in [5.74, 6) is -0.728. The highest BCUT2D eigenvalue weighted by Gasteiger charge is 2.34. The van der Waals surface area contributed by atoms with Crippen molar-refractivity contribution in [3.05, 3.63) is 83.7 Å². The quantitative estimate of drug-likeness (QED) is 0.342. The van der Waals surface area contributed by atoms with Gasteiger partial charge >= 0.3 is 0 Å². The average Bonchev–Trinajstić information content (AvgIpc) is 3.02. The maximum atomic E-state index is 14.2. The van der Waals surface area contributed by atoms with Crippen LogP contribution in [-0.4, -0.2) is 57.0 Å². The number of hydrogen-bond acceptors (Lipinski definition) is 6. The van der Waals surface area contributed by atoms with Crippen molar-refractivity contribution in [2.24, 2.45) is 0 Å². The first-order chi connectivity index (χ1) is 21.1. The molecule has 1 atom stereocenters. The molecule has 0 radical (unpaired) electrons. The maximum Gasteiger partial charge on any atom is 0.264 e. The lowest BCUT2D eigenvalue weighted by atomic mass is 9.95. The molecule has 1 N–H and O–H groups in total. The van der Waals surface area contributed by atoms with Crippen LogP contribution < -0.4 is 19.1 Å². The van der Waals surface area contributed by atoms with Crippen LogP contribution >= 0.6 is 0 Å². The van der Waals surface area contributed by atoms with Crippen molar-refractivity contribution in [2.75, 3.05) is 24.1 Å². The summed E-state index contributed by atoms with van der Waals surface area (Å²) in [6.45, 7) is 3.69. The number of carbonyl (C=O) groups is 2. The Labute approximate surface area is 258 Å². The first-order valence-electron chi connectivity index (χ1n) is 14.9. The fraction of sp³-hybridized carbons (Fsp3) is 0.394. The predicted octanol–water partition coefficient (Wildman–Crippen LogP) is 4.97. The Morgan fingerprint density at radius 2 is 1.66 bits per heavy atom. The average molecular weight is 624 g/mol. The minimum atomic E-state index is -4.35. The number of carbonyl (C=O) groups excluding carboxylic acids is 2. The summed E-state index contributed by atoms with van der Waals surface area (Å²) in [6.07, 6.45) is 4.98. The van der Waals surface area contributed by atoms with Gasteiger partial charge in [-0.05, 0) is 68.7 Å². The molecule has 9 nitrogen and oxygen atoms in total. The molecule has 5 rings (SSSR count). The van der Waals surface area contributed by atoms with Crippen LogP contribution in [0.15, 0.2) is 71.6 Å². The molecule has 3 aromatic rings. The summed E-state index contributed by atoms with van der Waals surface area (Å²) in [7, 11) is -4.35. The predicted molar refractivity (Wildman–Crippen MR) is 165 cm³/mol. The van der Waals surface area contributed by atoms with E-state index in [0.29, 0.717) is 12.4 Å². The molecule has 0 bridgehead atoms. The van der Waals surface area contributed by atoms with Crippen LogP contribution in [0.2, 0.25) is 0 Å². The summed E-state index contributed by atoms with van der Waals surface area (Å²) >= 11 is 0. The molecule has 3 aromatic carbocycles. The lowest BCUT2D eigenvalue weighted by Gasteiger charge is -2.33. The highest BCUT2D eigenvalue weighted by atomic mass is 32.2. The maximum absolute atomic E-state index is 14.2. The summed E-state index contributed by atoms with van der Waals surface area (Å²) in [5.41, 5.74) is 1.89. The van der Waals surface area contributed by atoms with Gasteiger partial charge in [-0.1, -0.05) is 49.1 Å². The number of nitrogens with zero attached hydrogens (tertiary/aromatic N) is 2. The normalized spacial score (nSPS) is 15.7. The molecule has 2 amide bonds. The van der Waals surface area contributed by atoms with E-state index in [2.05, 4.69) is 5.32 Å². The number of nitrogens with one attached hydrogen (secondary N) is 1. The Kier molecular flexibility index (Phi) is 9.73. The number of amides is 2. The van der Waals surface area contributed by atoms with Crippen molar-refractivity contribution >= 4 is 27.5 Å². The van der Waals surface area contributed by atoms with Gasteiger partial charge in [-0.3, -0.25) is 13.9 Å². The monoisotopic (exact) mass is 623 g/mol. The SMILES string of the molecule is Cc1cccc(CN(C(=O)CN(c2ccc(F)cc2)S(=O)(=O)c2ccc3c(c2)OCCO3)[C@@H](C)C(=O)NC2CCCCC2)c1. The standard InChI is InChI=1S/C33H38FN3O6S/c1-23-7-6-8-25(19-23)21-36(24(2)33(39)35-27-9-4-3-5-10-27)32(38)22-37(28-13-11-26(34)12-14-28)44(40,41)29-15-16-30-31(20-29)43-18-17-42-30/h6-8,11-16,19-20,24,27H,3-5,9-10,17-18,21-22H2,1-2H3,(H,35,39)/t24-/m0/s1. The molecule has 2 aliphatic rings. The van der Waals surface area contributed by atoms with Crippen LogP contribution in [-0.2, 0) is 26.2 Å². The van der Waals surface area contributed by atoms with Crippen LogP contribution in [0.3, 0.4) is 0 Å². The molecular formula is C33H38FN3O6S. The molecule has 234 valence electrons. The largest absolute Gasteiger partial charge is 0.486 e. The van der Waals surface area contributed by atoms with E-state index in [1.165, 1.54) is 35.2 Å². The van der Waals surface area contributed by atoms with Gasteiger partial charge in [0.2, 0.25) is 11.8 Å². The zero-order valence-corrected chi connectivity index (χ0v) is 25.8. The highest BCUT2D eigenvalue weighted by Crippen LogP contribution is 2.34. The fourth-order valence-corrected chi connectivity index (χ4v) is 7.04. The van der Waals surface area contributed by atoms with Crippen molar-refractivity contribution in [3.63, 3.8) is 0 Å². The van der Waals surface area contributed by atoms with Gasteiger partial charge in [0.25, 0.3) is 10.0 Å². The zero-order valence-electron chi connectivity index (χ0n) is 25.0. The molecule has 0 unspecified atom stereocenters. The summed E-state index contributed by atoms with van der Waals surface area (Å²) < 4.78 is 54.2. The van der Waals surface area contributed by atoms with Crippen LogP contribution in [0.5, 0.6) is 11.5 Å². The minimum Gasteiger partial charge on any atom is -0.486 e. The number of fused-ring (bicyclic) bond motifs is 1. The Balaban J connectivity index is 1.47. The van der Waals surface area contributed by atoms with E-state index in [1.807, 2.05) is 31.2 Å². The third-order valence-corrected chi connectivity index (χ3v) is 9.82. The smallest absolute Gasteiger partial charge is 0.264 e. The molecule has 1 aliphatic heterocycles. The van der Waals surface area contributed by atoms with Gasteiger partial charge < -0.3 is 19.7 Å². The number of hydrogen-bond donors (Lipinski definition) is 1. The Morgan fingerprint density at radius 1 is 0.955 bits per heavy atom. The minimum absolute atomic E-state index is 0.0425. The molecule has 11 heteroatoms. The highest BCUT2D eigenvalue weighted by molar-refractivity contribution is 7.92. The third kappa shape index (κ3) is 7.32. The molecule has 0 aromatic heterocycles. The molecule has 1 saturated carbocycles. The van der Waals surface area contributed by atoms with E-state index < -0.39 is 34.3 Å². The van der Waals surface area contributed by atoms with Crippen molar-refractivity contribution in [1.29, 1.82) is 0 Å². The van der Waals surface area contributed by atoms with Gasteiger partial charge in [0.05, 0.1) is 10.6 Å². The van der Waals surface area contributed by atoms with E-state index in [-0.39, 0.29) is 41.4 Å². The second kappa shape index (κ2) is 13.7. The lowest BCUT2D eigenvalue weighted by Crippen LogP contribution is -2.53. The Morgan fingerprint density at radius 3 is 2.36 bits per heavy atom. The van der Waals surface area contributed by atoms with E-state index in [4.69, 9.17) is 9.47 Å². The lowest BCUT2D eigenvalue weighted by molar-refractivity contribution is -0.139. The molecule has 44 heavy (non-hydrogen) atoms. The van der Waals surface area contributed by atoms with Crippen LogP contribution in [0.25, 0.3) is 0 Å². The fourth-order valence-electron chi connectivity index (χ4n) is 5.61. The molecule has 0 saturated heterocycles. The third-order valence-electron chi connectivity index (χ3n) is 8.05. The summed E-state index contributed by atoms with van der Waals surface area (Å²) in [6, 6.07) is 15.9. The zero-order chi connectivity index (χ0) is 31.3. The van der Waals surface area contributed by atoms with Gasteiger partial charge in [0.1, 0.15) is 31.6 Å². The van der Waals surface area contributed by atoms with Crippen LogP contribution in [0.1, 0.15) is 50.2 Å².